The molecule has 31 heavy (non-hydrogen) atoms. The van der Waals surface area contributed by atoms with Gasteiger partial charge in [0.2, 0.25) is 11.7 Å². The molecular weight excluding hydrogens is 440 g/mol. The molecular formula is C21H35ClN4O4S. The van der Waals surface area contributed by atoms with Crippen LogP contribution >= 0.6 is 24.2 Å². The van der Waals surface area contributed by atoms with Crippen LogP contribution in [0.2, 0.25) is 0 Å². The zero-order valence-electron chi connectivity index (χ0n) is 18.5. The van der Waals surface area contributed by atoms with Crippen molar-refractivity contribution < 1.29 is 18.7 Å². The molecule has 0 spiro atoms. The van der Waals surface area contributed by atoms with Crippen molar-refractivity contribution in [2.75, 3.05) is 39.6 Å². The highest BCUT2D eigenvalue weighted by molar-refractivity contribution is 7.99. The van der Waals surface area contributed by atoms with Crippen LogP contribution in [-0.2, 0) is 9.53 Å². The Morgan fingerprint density at radius 2 is 1.77 bits per heavy atom. The zero-order chi connectivity index (χ0) is 21.3. The molecule has 0 radical (unpaired) electrons. The monoisotopic (exact) mass is 474 g/mol. The molecule has 1 aromatic rings. The second kappa shape index (κ2) is 13.4. The van der Waals surface area contributed by atoms with Crippen LogP contribution in [0, 0.1) is 11.8 Å². The summed E-state index contributed by atoms with van der Waals surface area (Å²) in [7, 11) is 4.00. The SMILES string of the molecule is CN(C)CCSc1nnc(C(=O)C(NC(=O)C2CCCCCC2)C2CCOCC2)o1.Cl. The Labute approximate surface area is 195 Å². The van der Waals surface area contributed by atoms with Gasteiger partial charge < -0.3 is 19.4 Å². The second-order valence-corrected chi connectivity index (χ2v) is 9.56. The van der Waals surface area contributed by atoms with Crippen molar-refractivity contribution in [1.29, 1.82) is 0 Å². The van der Waals surface area contributed by atoms with E-state index >= 15 is 0 Å². The molecule has 1 unspecified atom stereocenters. The maximum atomic E-state index is 13.3. The molecule has 10 heteroatoms. The lowest BCUT2D eigenvalue weighted by atomic mass is 9.88. The summed E-state index contributed by atoms with van der Waals surface area (Å²) in [6.45, 7) is 2.07. The first kappa shape index (κ1) is 26.1. The predicted molar refractivity (Wildman–Crippen MR) is 122 cm³/mol. The number of amides is 1. The molecule has 176 valence electrons. The number of nitrogens with zero attached hydrogens (tertiary/aromatic N) is 3. The summed E-state index contributed by atoms with van der Waals surface area (Å²) in [6, 6.07) is -0.635. The van der Waals surface area contributed by atoms with Crippen molar-refractivity contribution in [1.82, 2.24) is 20.4 Å². The van der Waals surface area contributed by atoms with Crippen LogP contribution in [-0.4, -0.2) is 72.4 Å². The van der Waals surface area contributed by atoms with Crippen LogP contribution < -0.4 is 5.32 Å². The van der Waals surface area contributed by atoms with E-state index in [0.29, 0.717) is 18.4 Å². The molecule has 1 aliphatic heterocycles. The van der Waals surface area contributed by atoms with Gasteiger partial charge in [-0.3, -0.25) is 9.59 Å². The third kappa shape index (κ3) is 8.04. The third-order valence-electron chi connectivity index (χ3n) is 5.92. The van der Waals surface area contributed by atoms with Gasteiger partial charge in [-0.2, -0.15) is 0 Å². The minimum atomic E-state index is -0.635. The molecule has 2 heterocycles. The van der Waals surface area contributed by atoms with E-state index in [-0.39, 0.29) is 41.8 Å². The van der Waals surface area contributed by atoms with E-state index in [2.05, 4.69) is 20.4 Å². The summed E-state index contributed by atoms with van der Waals surface area (Å²) in [4.78, 5) is 28.3. The van der Waals surface area contributed by atoms with E-state index in [1.807, 2.05) is 14.1 Å². The molecule has 1 atom stereocenters. The predicted octanol–water partition coefficient (Wildman–Crippen LogP) is 3.21. The lowest BCUT2D eigenvalue weighted by Gasteiger charge is -2.30. The summed E-state index contributed by atoms with van der Waals surface area (Å²) in [5.41, 5.74) is 0. The van der Waals surface area contributed by atoms with Gasteiger partial charge in [-0.05, 0) is 45.7 Å². The molecule has 2 fully saturated rings. The highest BCUT2D eigenvalue weighted by atomic mass is 35.5. The van der Waals surface area contributed by atoms with Gasteiger partial charge in [0.05, 0.1) is 0 Å². The van der Waals surface area contributed by atoms with Crippen LogP contribution in [0.5, 0.6) is 0 Å². The standard InChI is InChI=1S/C21H34N4O4S.ClH/c1-25(2)11-14-30-21-24-23-20(29-21)18(26)17(15-9-12-28-13-10-15)22-19(27)16-7-5-3-4-6-8-16;/h15-17H,3-14H2,1-2H3,(H,22,27);1H. The fraction of sp³-hybridized carbons (Fsp3) is 0.810. The quantitative estimate of drug-likeness (QED) is 0.331. The van der Waals surface area contributed by atoms with Gasteiger partial charge in [-0.25, -0.2) is 0 Å². The number of ether oxygens (including phenoxy) is 1. The number of rotatable bonds is 9. The van der Waals surface area contributed by atoms with Crippen LogP contribution in [0.1, 0.15) is 62.1 Å². The van der Waals surface area contributed by atoms with Crippen molar-refractivity contribution in [3.63, 3.8) is 0 Å². The molecule has 1 N–H and O–H groups in total. The molecule has 1 saturated heterocycles. The molecule has 1 saturated carbocycles. The summed E-state index contributed by atoms with van der Waals surface area (Å²) in [6.07, 6.45) is 7.78. The van der Waals surface area contributed by atoms with Crippen LogP contribution in [0.4, 0.5) is 0 Å². The number of nitrogens with one attached hydrogen (secondary N) is 1. The maximum Gasteiger partial charge on any atom is 0.286 e. The number of aromatic nitrogens is 2. The van der Waals surface area contributed by atoms with Gasteiger partial charge in [0.1, 0.15) is 6.04 Å². The second-order valence-electron chi connectivity index (χ2n) is 8.51. The van der Waals surface area contributed by atoms with E-state index in [1.54, 1.807) is 0 Å². The number of carbonyl (C=O) groups excluding carboxylic acids is 2. The van der Waals surface area contributed by atoms with Crippen LogP contribution in [0.15, 0.2) is 9.64 Å². The first-order valence-electron chi connectivity index (χ1n) is 11.1. The minimum absolute atomic E-state index is 0. The molecule has 2 aliphatic rings. The molecule has 1 amide bonds. The van der Waals surface area contributed by atoms with Crippen molar-refractivity contribution in [2.45, 2.75) is 62.6 Å². The van der Waals surface area contributed by atoms with E-state index < -0.39 is 6.04 Å². The van der Waals surface area contributed by atoms with Gasteiger partial charge >= 0.3 is 0 Å². The Morgan fingerprint density at radius 1 is 1.10 bits per heavy atom. The minimum Gasteiger partial charge on any atom is -0.408 e. The summed E-state index contributed by atoms with van der Waals surface area (Å²) < 4.78 is 11.1. The zero-order valence-corrected chi connectivity index (χ0v) is 20.1. The summed E-state index contributed by atoms with van der Waals surface area (Å²) in [5.74, 6) is 0.503. The van der Waals surface area contributed by atoms with Crippen molar-refractivity contribution in [2.24, 2.45) is 11.8 Å². The Bertz CT molecular complexity index is 689. The Balaban J connectivity index is 0.00000341. The topological polar surface area (TPSA) is 97.6 Å². The van der Waals surface area contributed by atoms with Crippen molar-refractivity contribution in [3.8, 4) is 0 Å². The number of thioether (sulfide) groups is 1. The fourth-order valence-electron chi connectivity index (χ4n) is 4.08. The highest BCUT2D eigenvalue weighted by Gasteiger charge is 2.36. The van der Waals surface area contributed by atoms with E-state index in [1.165, 1.54) is 24.6 Å². The highest BCUT2D eigenvalue weighted by Crippen LogP contribution is 2.26. The van der Waals surface area contributed by atoms with Crippen LogP contribution in [0.25, 0.3) is 0 Å². The Hall–Kier alpha value is -1.16. The average Bonchev–Trinajstić information content (AvgIpc) is 3.04. The van der Waals surface area contributed by atoms with Crippen molar-refractivity contribution in [3.05, 3.63) is 5.89 Å². The van der Waals surface area contributed by atoms with Gasteiger partial charge in [0.25, 0.3) is 11.1 Å². The fourth-order valence-corrected chi connectivity index (χ4v) is 4.94. The van der Waals surface area contributed by atoms with Crippen LogP contribution in [0.3, 0.4) is 0 Å². The average molecular weight is 475 g/mol. The molecule has 0 aromatic carbocycles. The number of carbonyl (C=O) groups is 2. The van der Waals surface area contributed by atoms with Crippen molar-refractivity contribution >= 4 is 35.9 Å². The molecule has 8 nitrogen and oxygen atoms in total. The lowest BCUT2D eigenvalue weighted by molar-refractivity contribution is -0.126. The number of hydrogen-bond donors (Lipinski definition) is 1. The molecule has 1 aliphatic carbocycles. The summed E-state index contributed by atoms with van der Waals surface area (Å²) in [5, 5.41) is 11.4. The summed E-state index contributed by atoms with van der Waals surface area (Å²) >= 11 is 1.43. The molecule has 1 aromatic heterocycles. The first-order chi connectivity index (χ1) is 14.5. The van der Waals surface area contributed by atoms with Gasteiger partial charge in [-0.15, -0.1) is 22.6 Å². The molecule has 0 bridgehead atoms. The van der Waals surface area contributed by atoms with E-state index in [4.69, 9.17) is 9.15 Å². The Kier molecular flexibility index (Phi) is 11.3. The third-order valence-corrected chi connectivity index (χ3v) is 6.72. The van der Waals surface area contributed by atoms with Gasteiger partial charge in [0, 0.05) is 31.4 Å². The number of ketones is 1. The largest absolute Gasteiger partial charge is 0.408 e. The van der Waals surface area contributed by atoms with Gasteiger partial charge in [-0.1, -0.05) is 37.4 Å². The number of halogens is 1. The normalized spacial score (nSPS) is 19.5. The maximum absolute atomic E-state index is 13.3. The van der Waals surface area contributed by atoms with Gasteiger partial charge in [0.15, 0.2) is 0 Å². The number of Topliss-reactive ketones (excluding diaryl/α,β-unsaturated/α-hetero) is 1. The smallest absolute Gasteiger partial charge is 0.286 e. The number of hydrogen-bond acceptors (Lipinski definition) is 8. The van der Waals surface area contributed by atoms with E-state index in [0.717, 1.165) is 50.8 Å². The first-order valence-corrected chi connectivity index (χ1v) is 12.1. The van der Waals surface area contributed by atoms with E-state index in [9.17, 15) is 9.59 Å². The Morgan fingerprint density at radius 3 is 2.42 bits per heavy atom. The lowest BCUT2D eigenvalue weighted by Crippen LogP contribution is -2.49. The molecule has 3 rings (SSSR count).